The number of nitrogens with one attached hydrogen (secondary N) is 2. The standard InChI is InChI=1S/C22H22N2O4S/c1-2-29(26,27)21-13-11-17(12-14-21)23-16-22(25)24-18-7-6-10-20(15-18)28-19-8-4-3-5-9-19/h3-15,23H,2,16H2,1H3,(H,24,25). The maximum absolute atomic E-state index is 12.2. The van der Waals surface area contributed by atoms with Crippen molar-refractivity contribution in [1.29, 1.82) is 0 Å². The number of sulfone groups is 1. The monoisotopic (exact) mass is 410 g/mol. The average molecular weight is 410 g/mol. The van der Waals surface area contributed by atoms with Crippen molar-refractivity contribution in [2.24, 2.45) is 0 Å². The Bertz CT molecular complexity index is 1070. The second-order valence-electron chi connectivity index (χ2n) is 6.27. The number of hydrogen-bond donors (Lipinski definition) is 2. The van der Waals surface area contributed by atoms with E-state index >= 15 is 0 Å². The van der Waals surface area contributed by atoms with Gasteiger partial charge < -0.3 is 15.4 Å². The summed E-state index contributed by atoms with van der Waals surface area (Å²) in [7, 11) is -3.23. The van der Waals surface area contributed by atoms with Gasteiger partial charge in [0.1, 0.15) is 11.5 Å². The predicted molar refractivity (Wildman–Crippen MR) is 114 cm³/mol. The molecule has 0 saturated carbocycles. The number of amides is 1. The fourth-order valence-electron chi connectivity index (χ4n) is 2.60. The van der Waals surface area contributed by atoms with Crippen LogP contribution in [0.25, 0.3) is 0 Å². The number of para-hydroxylation sites is 1. The number of carbonyl (C=O) groups excluding carboxylic acids is 1. The predicted octanol–water partition coefficient (Wildman–Crippen LogP) is 4.32. The maximum Gasteiger partial charge on any atom is 0.243 e. The molecule has 0 fully saturated rings. The molecular weight excluding hydrogens is 388 g/mol. The van der Waals surface area contributed by atoms with Gasteiger partial charge in [-0.2, -0.15) is 0 Å². The first-order valence-corrected chi connectivity index (χ1v) is 10.8. The molecule has 3 aromatic rings. The van der Waals surface area contributed by atoms with Crippen LogP contribution in [0.1, 0.15) is 6.92 Å². The van der Waals surface area contributed by atoms with Gasteiger partial charge in [0.15, 0.2) is 9.84 Å². The van der Waals surface area contributed by atoms with Crippen LogP contribution in [-0.2, 0) is 14.6 Å². The summed E-state index contributed by atoms with van der Waals surface area (Å²) in [5.74, 6) is 1.16. The third kappa shape index (κ3) is 5.83. The van der Waals surface area contributed by atoms with Crippen molar-refractivity contribution in [2.75, 3.05) is 22.9 Å². The molecule has 6 nitrogen and oxygen atoms in total. The second-order valence-corrected chi connectivity index (χ2v) is 8.55. The molecule has 150 valence electrons. The zero-order valence-corrected chi connectivity index (χ0v) is 16.8. The summed E-state index contributed by atoms with van der Waals surface area (Å²) >= 11 is 0. The van der Waals surface area contributed by atoms with Gasteiger partial charge in [0, 0.05) is 17.4 Å². The van der Waals surface area contributed by atoms with E-state index in [1.807, 2.05) is 36.4 Å². The van der Waals surface area contributed by atoms with E-state index in [9.17, 15) is 13.2 Å². The van der Waals surface area contributed by atoms with Crippen molar-refractivity contribution in [3.8, 4) is 11.5 Å². The lowest BCUT2D eigenvalue weighted by Crippen LogP contribution is -2.21. The topological polar surface area (TPSA) is 84.5 Å². The zero-order valence-electron chi connectivity index (χ0n) is 16.0. The summed E-state index contributed by atoms with van der Waals surface area (Å²) in [6, 6.07) is 22.9. The maximum atomic E-state index is 12.2. The van der Waals surface area contributed by atoms with Crippen LogP contribution in [-0.4, -0.2) is 26.6 Å². The number of benzene rings is 3. The molecule has 2 N–H and O–H groups in total. The molecule has 1 amide bonds. The minimum Gasteiger partial charge on any atom is -0.457 e. The largest absolute Gasteiger partial charge is 0.457 e. The molecule has 0 saturated heterocycles. The Morgan fingerprint density at radius 3 is 2.24 bits per heavy atom. The third-order valence-electron chi connectivity index (χ3n) is 4.14. The Hall–Kier alpha value is -3.32. The first-order chi connectivity index (χ1) is 14.0. The SMILES string of the molecule is CCS(=O)(=O)c1ccc(NCC(=O)Nc2cccc(Oc3ccccc3)c2)cc1. The van der Waals surface area contributed by atoms with E-state index in [2.05, 4.69) is 10.6 Å². The zero-order chi connectivity index (χ0) is 20.7. The second kappa shape index (κ2) is 9.25. The number of rotatable bonds is 8. The Kier molecular flexibility index (Phi) is 6.51. The lowest BCUT2D eigenvalue weighted by atomic mass is 10.3. The fraction of sp³-hybridized carbons (Fsp3) is 0.136. The van der Waals surface area contributed by atoms with Gasteiger partial charge in [0.2, 0.25) is 5.91 Å². The molecule has 7 heteroatoms. The van der Waals surface area contributed by atoms with Crippen LogP contribution < -0.4 is 15.4 Å². The Morgan fingerprint density at radius 1 is 0.862 bits per heavy atom. The molecule has 0 bridgehead atoms. The molecule has 0 aromatic heterocycles. The molecule has 0 aliphatic heterocycles. The molecule has 3 aromatic carbocycles. The van der Waals surface area contributed by atoms with Crippen molar-refractivity contribution in [3.05, 3.63) is 78.9 Å². The van der Waals surface area contributed by atoms with Crippen LogP contribution in [0.15, 0.2) is 83.8 Å². The minimum absolute atomic E-state index is 0.0453. The number of hydrogen-bond acceptors (Lipinski definition) is 5. The van der Waals surface area contributed by atoms with Crippen LogP contribution in [0.2, 0.25) is 0 Å². The molecule has 29 heavy (non-hydrogen) atoms. The quantitative estimate of drug-likeness (QED) is 0.578. The van der Waals surface area contributed by atoms with Crippen molar-refractivity contribution in [2.45, 2.75) is 11.8 Å². The Morgan fingerprint density at radius 2 is 1.55 bits per heavy atom. The fourth-order valence-corrected chi connectivity index (χ4v) is 3.48. The van der Waals surface area contributed by atoms with E-state index < -0.39 is 9.84 Å². The third-order valence-corrected chi connectivity index (χ3v) is 5.89. The highest BCUT2D eigenvalue weighted by molar-refractivity contribution is 7.91. The van der Waals surface area contributed by atoms with Crippen molar-refractivity contribution in [3.63, 3.8) is 0 Å². The minimum atomic E-state index is -3.23. The summed E-state index contributed by atoms with van der Waals surface area (Å²) < 4.78 is 29.4. The molecule has 0 atom stereocenters. The molecule has 0 radical (unpaired) electrons. The van der Waals surface area contributed by atoms with E-state index in [1.165, 1.54) is 12.1 Å². The Balaban J connectivity index is 1.55. The van der Waals surface area contributed by atoms with Crippen molar-refractivity contribution in [1.82, 2.24) is 0 Å². The lowest BCUT2D eigenvalue weighted by Gasteiger charge is -2.10. The van der Waals surface area contributed by atoms with Gasteiger partial charge in [0.05, 0.1) is 17.2 Å². The van der Waals surface area contributed by atoms with Crippen LogP contribution >= 0.6 is 0 Å². The van der Waals surface area contributed by atoms with E-state index in [1.54, 1.807) is 37.3 Å². The van der Waals surface area contributed by atoms with Gasteiger partial charge in [-0.3, -0.25) is 4.79 Å². The van der Waals surface area contributed by atoms with E-state index in [0.29, 0.717) is 22.9 Å². The summed E-state index contributed by atoms with van der Waals surface area (Å²) in [5.41, 5.74) is 1.28. The summed E-state index contributed by atoms with van der Waals surface area (Å²) in [6.45, 7) is 1.65. The van der Waals surface area contributed by atoms with Crippen molar-refractivity contribution < 1.29 is 17.9 Å². The van der Waals surface area contributed by atoms with Crippen LogP contribution in [0.5, 0.6) is 11.5 Å². The van der Waals surface area contributed by atoms with Gasteiger partial charge in [-0.05, 0) is 48.5 Å². The molecule has 3 rings (SSSR count). The molecule has 0 aliphatic carbocycles. The summed E-state index contributed by atoms with van der Waals surface area (Å²) in [6.07, 6.45) is 0. The smallest absolute Gasteiger partial charge is 0.243 e. The first-order valence-electron chi connectivity index (χ1n) is 9.16. The van der Waals surface area contributed by atoms with E-state index in [4.69, 9.17) is 4.74 Å². The molecule has 0 unspecified atom stereocenters. The van der Waals surface area contributed by atoms with Crippen molar-refractivity contribution >= 4 is 27.1 Å². The van der Waals surface area contributed by atoms with Gasteiger partial charge in [-0.1, -0.05) is 31.2 Å². The van der Waals surface area contributed by atoms with Crippen LogP contribution in [0, 0.1) is 0 Å². The van der Waals surface area contributed by atoms with Gasteiger partial charge in [-0.15, -0.1) is 0 Å². The molecular formula is C22H22N2O4S. The first kappa shape index (κ1) is 20.4. The number of carbonyl (C=O) groups is 1. The number of anilines is 2. The highest BCUT2D eigenvalue weighted by Crippen LogP contribution is 2.23. The van der Waals surface area contributed by atoms with Gasteiger partial charge in [0.25, 0.3) is 0 Å². The molecule has 0 aliphatic rings. The molecule has 0 spiro atoms. The van der Waals surface area contributed by atoms with Crippen LogP contribution in [0.4, 0.5) is 11.4 Å². The normalized spacial score (nSPS) is 10.9. The van der Waals surface area contributed by atoms with Gasteiger partial charge in [-0.25, -0.2) is 8.42 Å². The lowest BCUT2D eigenvalue weighted by molar-refractivity contribution is -0.114. The van der Waals surface area contributed by atoms with E-state index in [-0.39, 0.29) is 23.1 Å². The summed E-state index contributed by atoms with van der Waals surface area (Å²) in [5, 5.41) is 5.78. The summed E-state index contributed by atoms with van der Waals surface area (Å²) in [4.78, 5) is 12.5. The Labute approximate surface area is 170 Å². The molecule has 0 heterocycles. The van der Waals surface area contributed by atoms with Gasteiger partial charge >= 0.3 is 0 Å². The highest BCUT2D eigenvalue weighted by Gasteiger charge is 2.11. The van der Waals surface area contributed by atoms with E-state index in [0.717, 1.165) is 0 Å². The highest BCUT2D eigenvalue weighted by atomic mass is 32.2. The average Bonchev–Trinajstić information content (AvgIpc) is 2.73. The number of ether oxygens (including phenoxy) is 1. The van der Waals surface area contributed by atoms with Crippen LogP contribution in [0.3, 0.4) is 0 Å².